The number of likely N-dealkylation sites (tertiary alicyclic amines) is 1. The Hall–Kier alpha value is -2.65. The number of esters is 1. The van der Waals surface area contributed by atoms with Crippen molar-refractivity contribution in [2.75, 3.05) is 18.5 Å². The molecule has 230 valence electrons. The van der Waals surface area contributed by atoms with Crippen LogP contribution in [0, 0.1) is 23.7 Å². The molecule has 2 aliphatic carbocycles. The number of hydrogen-bond donors (Lipinski definition) is 2. The van der Waals surface area contributed by atoms with E-state index in [9.17, 15) is 18.8 Å². The average molecular weight is 603 g/mol. The molecule has 1 aromatic heterocycles. The van der Waals surface area contributed by atoms with Crippen molar-refractivity contribution in [1.29, 1.82) is 0 Å². The van der Waals surface area contributed by atoms with Crippen molar-refractivity contribution in [2.24, 2.45) is 29.4 Å². The second-order valence-electron chi connectivity index (χ2n) is 13.2. The summed E-state index contributed by atoms with van der Waals surface area (Å²) in [6.45, 7) is 3.79. The van der Waals surface area contributed by atoms with E-state index in [2.05, 4.69) is 5.32 Å². The largest absolute Gasteiger partial charge is 0.434 e. The number of carbonyl (C=O) groups is 3. The Morgan fingerprint density at radius 1 is 1.07 bits per heavy atom. The lowest BCUT2D eigenvalue weighted by atomic mass is 9.76. The van der Waals surface area contributed by atoms with Crippen molar-refractivity contribution in [3.63, 3.8) is 0 Å². The molecule has 2 amide bonds. The van der Waals surface area contributed by atoms with Gasteiger partial charge in [-0.05, 0) is 88.0 Å². The van der Waals surface area contributed by atoms with Crippen LogP contribution in [-0.4, -0.2) is 52.6 Å². The van der Waals surface area contributed by atoms with Crippen LogP contribution in [-0.2, 0) is 20.1 Å². The quantitative estimate of drug-likeness (QED) is 0.409. The smallest absolute Gasteiger partial charge is 0.357 e. The fourth-order valence-electron chi connectivity index (χ4n) is 8.17. The molecular weight excluding hydrogens is 559 g/mol. The van der Waals surface area contributed by atoms with Crippen LogP contribution >= 0.6 is 12.4 Å². The first-order chi connectivity index (χ1) is 19.7. The first-order valence-electron chi connectivity index (χ1n) is 15.5. The molecule has 2 aliphatic heterocycles. The van der Waals surface area contributed by atoms with Crippen LogP contribution in [0.25, 0.3) is 10.9 Å². The van der Waals surface area contributed by atoms with Gasteiger partial charge in [0.05, 0.1) is 5.52 Å². The number of nitrogens with one attached hydrogen (secondary N) is 1. The van der Waals surface area contributed by atoms with Gasteiger partial charge >= 0.3 is 5.97 Å². The summed E-state index contributed by atoms with van der Waals surface area (Å²) in [4.78, 5) is 42.2. The number of carbonyl (C=O) groups excluding carboxylic acids is 3. The van der Waals surface area contributed by atoms with Gasteiger partial charge in [-0.1, -0.05) is 32.1 Å². The van der Waals surface area contributed by atoms with Crippen LogP contribution in [0.2, 0.25) is 0 Å². The molecule has 3 fully saturated rings. The highest BCUT2D eigenvalue weighted by Gasteiger charge is 2.47. The topological polar surface area (TPSA) is 107 Å². The number of halogens is 2. The lowest BCUT2D eigenvalue weighted by Gasteiger charge is -2.36. The highest BCUT2D eigenvalue weighted by molar-refractivity contribution is 6.02. The minimum Gasteiger partial charge on any atom is -0.434 e. The summed E-state index contributed by atoms with van der Waals surface area (Å²) < 4.78 is 20.5. The van der Waals surface area contributed by atoms with Crippen molar-refractivity contribution in [2.45, 2.75) is 95.9 Å². The molecule has 2 aromatic rings. The van der Waals surface area contributed by atoms with E-state index >= 15 is 0 Å². The van der Waals surface area contributed by atoms with Gasteiger partial charge in [-0.15, -0.1) is 12.4 Å². The zero-order valence-electron chi connectivity index (χ0n) is 24.6. The highest BCUT2D eigenvalue weighted by atomic mass is 35.5. The summed E-state index contributed by atoms with van der Waals surface area (Å²) in [7, 11) is 0. The summed E-state index contributed by atoms with van der Waals surface area (Å²) in [6.07, 6.45) is 9.56. The van der Waals surface area contributed by atoms with E-state index < -0.39 is 24.5 Å². The summed E-state index contributed by atoms with van der Waals surface area (Å²) in [5, 5.41) is 4.00. The molecule has 6 rings (SSSR count). The molecule has 2 saturated carbocycles. The number of hydrogen-bond acceptors (Lipinski definition) is 5. The number of rotatable bonds is 6. The number of fused-ring (bicyclic) bond motifs is 3. The molecule has 8 nitrogen and oxygen atoms in total. The third kappa shape index (κ3) is 5.54. The van der Waals surface area contributed by atoms with Gasteiger partial charge < -0.3 is 20.7 Å². The first kappa shape index (κ1) is 30.8. The SMILES string of the molecule is CC1(C)OC(=O)c2cc3cc(NC(=O)[C@@H]4[C@H](C5CCCCC5)CCN4C(=O)[C@H]4CC[C@H]([C@H](N)CF)CC4)ccc3n21.Cl. The Balaban J connectivity index is 0.00000353. The van der Waals surface area contributed by atoms with Gasteiger partial charge in [0, 0.05) is 29.6 Å². The first-order valence-corrected chi connectivity index (χ1v) is 15.5. The number of cyclic esters (lactones) is 1. The predicted molar refractivity (Wildman–Crippen MR) is 162 cm³/mol. The van der Waals surface area contributed by atoms with Crippen molar-refractivity contribution < 1.29 is 23.5 Å². The number of nitrogens with zero attached hydrogens (tertiary/aromatic N) is 2. The van der Waals surface area contributed by atoms with E-state index in [1.807, 2.05) is 47.6 Å². The number of nitrogens with two attached hydrogens (primary N) is 1. The van der Waals surface area contributed by atoms with E-state index in [0.29, 0.717) is 36.7 Å². The Morgan fingerprint density at radius 3 is 2.48 bits per heavy atom. The van der Waals surface area contributed by atoms with Crippen molar-refractivity contribution >= 4 is 46.8 Å². The fourth-order valence-corrected chi connectivity index (χ4v) is 8.17. The molecule has 4 aliphatic rings. The summed E-state index contributed by atoms with van der Waals surface area (Å²) in [5.41, 5.74) is 7.21. The summed E-state index contributed by atoms with van der Waals surface area (Å²) in [5.74, 6) is 0.152. The Morgan fingerprint density at radius 2 is 1.79 bits per heavy atom. The van der Waals surface area contributed by atoms with Gasteiger partial charge in [0.25, 0.3) is 0 Å². The maximum absolute atomic E-state index is 14.0. The lowest BCUT2D eigenvalue weighted by molar-refractivity contribution is -0.142. The van der Waals surface area contributed by atoms with Crippen molar-refractivity contribution in [3.05, 3.63) is 30.0 Å². The Kier molecular flexibility index (Phi) is 8.91. The molecular formula is C32H44ClFN4O4. The lowest BCUT2D eigenvalue weighted by Crippen LogP contribution is -2.50. The number of benzene rings is 1. The van der Waals surface area contributed by atoms with Gasteiger partial charge in [-0.25, -0.2) is 9.18 Å². The van der Waals surface area contributed by atoms with E-state index in [1.54, 1.807) is 0 Å². The molecule has 3 atom stereocenters. The van der Waals surface area contributed by atoms with Crippen LogP contribution in [0.5, 0.6) is 0 Å². The minimum atomic E-state index is -0.771. The fraction of sp³-hybridized carbons (Fsp3) is 0.656. The Labute approximate surface area is 253 Å². The van der Waals surface area contributed by atoms with Crippen LogP contribution in [0.1, 0.15) is 88.5 Å². The van der Waals surface area contributed by atoms with E-state index in [-0.39, 0.29) is 47.9 Å². The van der Waals surface area contributed by atoms with Crippen LogP contribution in [0.3, 0.4) is 0 Å². The predicted octanol–water partition coefficient (Wildman–Crippen LogP) is 5.77. The number of anilines is 1. The molecule has 42 heavy (non-hydrogen) atoms. The van der Waals surface area contributed by atoms with Gasteiger partial charge in [-0.2, -0.15) is 0 Å². The van der Waals surface area contributed by atoms with Crippen LogP contribution in [0.15, 0.2) is 24.3 Å². The third-order valence-electron chi connectivity index (χ3n) is 10.3. The minimum absolute atomic E-state index is 0. The highest BCUT2D eigenvalue weighted by Crippen LogP contribution is 2.42. The molecule has 0 bridgehead atoms. The number of aromatic nitrogens is 1. The molecule has 0 radical (unpaired) electrons. The standard InChI is InChI=1S/C32H43FN4O4.ClH/c1-32(2)37-26-13-12-23(16-22(26)17-27(37)31(40)41-32)35-29(38)28-24(19-6-4-3-5-7-19)14-15-36(28)30(39)21-10-8-20(9-11-21)25(34)18-33;/h12-13,16-17,19-21,24-25,28H,3-11,14-15,18,34H2,1-2H3,(H,35,38);1H/t20-,21-,24-,25+,28-;/m0./s1. The van der Waals surface area contributed by atoms with Gasteiger partial charge in [-0.3, -0.25) is 14.2 Å². The number of ether oxygens (including phenoxy) is 1. The number of amides is 2. The van der Waals surface area contributed by atoms with Crippen LogP contribution in [0.4, 0.5) is 10.1 Å². The second-order valence-corrected chi connectivity index (χ2v) is 13.2. The zero-order valence-corrected chi connectivity index (χ0v) is 25.5. The van der Waals surface area contributed by atoms with E-state index in [1.165, 1.54) is 19.3 Å². The van der Waals surface area contributed by atoms with E-state index in [0.717, 1.165) is 43.0 Å². The Bertz CT molecular complexity index is 1330. The number of alkyl halides is 1. The molecule has 3 heterocycles. The average Bonchev–Trinajstić information content (AvgIpc) is 3.65. The normalized spacial score (nSPS) is 28.2. The molecule has 1 saturated heterocycles. The third-order valence-corrected chi connectivity index (χ3v) is 10.3. The second kappa shape index (κ2) is 12.2. The van der Waals surface area contributed by atoms with Crippen molar-refractivity contribution in [3.8, 4) is 0 Å². The maximum Gasteiger partial charge on any atom is 0.357 e. The molecule has 10 heteroatoms. The monoisotopic (exact) mass is 602 g/mol. The summed E-state index contributed by atoms with van der Waals surface area (Å²) in [6, 6.07) is 6.52. The van der Waals surface area contributed by atoms with Gasteiger partial charge in [0.15, 0.2) is 5.72 Å². The van der Waals surface area contributed by atoms with Crippen molar-refractivity contribution in [1.82, 2.24) is 9.47 Å². The summed E-state index contributed by atoms with van der Waals surface area (Å²) >= 11 is 0. The van der Waals surface area contributed by atoms with Gasteiger partial charge in [0.1, 0.15) is 18.4 Å². The van der Waals surface area contributed by atoms with Gasteiger partial charge in [0.2, 0.25) is 11.8 Å². The molecule has 0 unspecified atom stereocenters. The maximum atomic E-state index is 14.0. The van der Waals surface area contributed by atoms with Crippen LogP contribution < -0.4 is 11.1 Å². The molecule has 0 spiro atoms. The van der Waals surface area contributed by atoms with E-state index in [4.69, 9.17) is 10.5 Å². The zero-order chi connectivity index (χ0) is 28.9. The molecule has 1 aromatic carbocycles. The molecule has 3 N–H and O–H groups in total.